The number of nitrogen functional groups attached to an aromatic ring is 1. The number of halogens is 3. The fraction of sp³-hybridized carbons (Fsp3) is 0. The normalized spacial score (nSPS) is 10.7. The molecule has 0 aliphatic heterocycles. The van der Waals surface area contributed by atoms with Crippen LogP contribution >= 0.6 is 23.2 Å². The van der Waals surface area contributed by atoms with Crippen LogP contribution in [-0.2, 0) is 0 Å². The second kappa shape index (κ2) is 6.70. The molecule has 0 aliphatic carbocycles. The van der Waals surface area contributed by atoms with Crippen LogP contribution in [-0.4, -0.2) is 10.4 Å². The van der Waals surface area contributed by atoms with E-state index in [1.54, 1.807) is 18.2 Å². The summed E-state index contributed by atoms with van der Waals surface area (Å²) in [5.74, 6) is -1.01. The molecule has 25 heavy (non-hydrogen) atoms. The van der Waals surface area contributed by atoms with E-state index in [2.05, 4.69) is 0 Å². The van der Waals surface area contributed by atoms with Crippen LogP contribution in [0, 0.1) is 5.82 Å². The molecule has 2 N–H and O–H groups in total. The van der Waals surface area contributed by atoms with Gasteiger partial charge in [0.25, 0.3) is 5.56 Å². The number of aromatic nitrogens is 1. The van der Waals surface area contributed by atoms with Gasteiger partial charge in [-0.25, -0.2) is 4.39 Å². The van der Waals surface area contributed by atoms with E-state index in [1.807, 2.05) is 0 Å². The van der Waals surface area contributed by atoms with Crippen molar-refractivity contribution in [2.45, 2.75) is 0 Å². The first kappa shape index (κ1) is 17.2. The number of carbonyl (C=O) groups excluding carboxylic acids is 1. The van der Waals surface area contributed by atoms with E-state index in [9.17, 15) is 14.0 Å². The molecule has 1 aromatic heterocycles. The predicted molar refractivity (Wildman–Crippen MR) is 96.3 cm³/mol. The van der Waals surface area contributed by atoms with Gasteiger partial charge in [-0.15, -0.1) is 0 Å². The second-order valence-corrected chi connectivity index (χ2v) is 6.03. The molecule has 0 fully saturated rings. The first-order valence-corrected chi connectivity index (χ1v) is 7.92. The van der Waals surface area contributed by atoms with Crippen molar-refractivity contribution in [1.29, 1.82) is 0 Å². The van der Waals surface area contributed by atoms with E-state index in [-0.39, 0.29) is 32.7 Å². The fourth-order valence-electron chi connectivity index (χ4n) is 2.44. The van der Waals surface area contributed by atoms with E-state index < -0.39 is 17.2 Å². The summed E-state index contributed by atoms with van der Waals surface area (Å²) in [7, 11) is 0. The Morgan fingerprint density at radius 1 is 0.960 bits per heavy atom. The molecule has 3 aromatic rings. The van der Waals surface area contributed by atoms with Crippen LogP contribution in [0.2, 0.25) is 10.0 Å². The number of para-hydroxylation sites is 1. The molecule has 0 aliphatic rings. The monoisotopic (exact) mass is 376 g/mol. The van der Waals surface area contributed by atoms with Crippen LogP contribution in [0.4, 0.5) is 10.2 Å². The summed E-state index contributed by atoms with van der Waals surface area (Å²) >= 11 is 12.3. The summed E-state index contributed by atoms with van der Waals surface area (Å²) in [6.45, 7) is 0. The zero-order chi connectivity index (χ0) is 18.1. The number of pyridine rings is 1. The average Bonchev–Trinajstić information content (AvgIpc) is 2.57. The van der Waals surface area contributed by atoms with Gasteiger partial charge in [0.2, 0.25) is 0 Å². The molecular weight excluding hydrogens is 366 g/mol. The lowest BCUT2D eigenvalue weighted by molar-refractivity contribution is 0.103. The van der Waals surface area contributed by atoms with Crippen LogP contribution in [0.1, 0.15) is 15.9 Å². The third-order valence-electron chi connectivity index (χ3n) is 3.64. The number of carbonyl (C=O) groups is 1. The van der Waals surface area contributed by atoms with Gasteiger partial charge in [-0.05, 0) is 42.5 Å². The molecule has 0 unspecified atom stereocenters. The van der Waals surface area contributed by atoms with Crippen molar-refractivity contribution < 1.29 is 9.18 Å². The van der Waals surface area contributed by atoms with E-state index in [1.165, 1.54) is 36.4 Å². The number of rotatable bonds is 3. The topological polar surface area (TPSA) is 65.1 Å². The molecule has 0 bridgehead atoms. The van der Waals surface area contributed by atoms with E-state index in [0.717, 1.165) is 4.57 Å². The summed E-state index contributed by atoms with van der Waals surface area (Å²) in [5, 5.41) is 0.431. The molecule has 0 spiro atoms. The number of ketones is 1. The number of anilines is 1. The molecule has 126 valence electrons. The molecule has 0 saturated heterocycles. The van der Waals surface area contributed by atoms with Crippen molar-refractivity contribution >= 4 is 34.8 Å². The van der Waals surface area contributed by atoms with Crippen molar-refractivity contribution in [2.75, 3.05) is 5.73 Å². The minimum absolute atomic E-state index is 0.0854. The summed E-state index contributed by atoms with van der Waals surface area (Å²) in [5.41, 5.74) is 6.11. The van der Waals surface area contributed by atoms with Gasteiger partial charge in [0.05, 0.1) is 21.3 Å². The maximum Gasteiger partial charge on any atom is 0.256 e. The quantitative estimate of drug-likeness (QED) is 0.699. The molecule has 3 rings (SSSR count). The number of nitrogens with two attached hydrogens (primary N) is 1. The van der Waals surface area contributed by atoms with Gasteiger partial charge in [0, 0.05) is 11.6 Å². The lowest BCUT2D eigenvalue weighted by Gasteiger charge is -2.15. The van der Waals surface area contributed by atoms with Gasteiger partial charge in [-0.3, -0.25) is 14.2 Å². The Morgan fingerprint density at radius 3 is 2.16 bits per heavy atom. The molecule has 7 heteroatoms. The highest BCUT2D eigenvalue weighted by atomic mass is 35.5. The minimum atomic E-state index is -0.483. The highest BCUT2D eigenvalue weighted by Crippen LogP contribution is 2.30. The molecule has 4 nitrogen and oxygen atoms in total. The zero-order valence-electron chi connectivity index (χ0n) is 12.7. The minimum Gasteiger partial charge on any atom is -0.384 e. The summed E-state index contributed by atoms with van der Waals surface area (Å²) in [6, 6.07) is 12.3. The van der Waals surface area contributed by atoms with Gasteiger partial charge >= 0.3 is 0 Å². The van der Waals surface area contributed by atoms with E-state index in [0.29, 0.717) is 0 Å². The zero-order valence-corrected chi connectivity index (χ0v) is 14.2. The lowest BCUT2D eigenvalue weighted by atomic mass is 10.0. The number of hydrogen-bond acceptors (Lipinski definition) is 3. The van der Waals surface area contributed by atoms with Gasteiger partial charge in [0.15, 0.2) is 5.78 Å². The highest BCUT2D eigenvalue weighted by Gasteiger charge is 2.19. The van der Waals surface area contributed by atoms with Crippen LogP contribution in [0.15, 0.2) is 59.4 Å². The van der Waals surface area contributed by atoms with Crippen LogP contribution in [0.3, 0.4) is 0 Å². The number of nitrogens with zero attached hydrogens (tertiary/aromatic N) is 1. The Balaban J connectivity index is 2.21. The van der Waals surface area contributed by atoms with Crippen molar-refractivity contribution in [2.24, 2.45) is 0 Å². The molecule has 0 atom stereocenters. The Labute approximate surface area is 152 Å². The molecule has 0 radical (unpaired) electrons. The molecule has 2 aromatic carbocycles. The lowest BCUT2D eigenvalue weighted by Crippen LogP contribution is -2.24. The van der Waals surface area contributed by atoms with Crippen LogP contribution in [0.25, 0.3) is 5.69 Å². The van der Waals surface area contributed by atoms with Crippen LogP contribution < -0.4 is 11.3 Å². The van der Waals surface area contributed by atoms with Gasteiger partial charge in [-0.2, -0.15) is 0 Å². The van der Waals surface area contributed by atoms with Crippen LogP contribution in [0.5, 0.6) is 0 Å². The smallest absolute Gasteiger partial charge is 0.256 e. The maximum atomic E-state index is 13.0. The van der Waals surface area contributed by atoms with Crippen molar-refractivity contribution in [3.8, 4) is 5.69 Å². The third-order valence-corrected chi connectivity index (χ3v) is 4.25. The summed E-state index contributed by atoms with van der Waals surface area (Å²) in [6.07, 6.45) is 0. The Bertz CT molecular complexity index is 1010. The predicted octanol–water partition coefficient (Wildman–Crippen LogP) is 4.10. The Morgan fingerprint density at radius 2 is 1.56 bits per heavy atom. The molecular formula is C18H11Cl2FN2O2. The van der Waals surface area contributed by atoms with Gasteiger partial charge < -0.3 is 5.73 Å². The first-order valence-electron chi connectivity index (χ1n) is 7.16. The number of hydrogen-bond donors (Lipinski definition) is 1. The molecule has 0 amide bonds. The maximum absolute atomic E-state index is 13.0. The molecule has 0 saturated carbocycles. The number of benzene rings is 2. The summed E-state index contributed by atoms with van der Waals surface area (Å²) < 4.78 is 14.1. The average molecular weight is 377 g/mol. The van der Waals surface area contributed by atoms with E-state index in [4.69, 9.17) is 28.9 Å². The second-order valence-electron chi connectivity index (χ2n) is 5.21. The van der Waals surface area contributed by atoms with Crippen molar-refractivity contribution in [3.05, 3.63) is 91.9 Å². The molecule has 1 heterocycles. The van der Waals surface area contributed by atoms with Gasteiger partial charge in [-0.1, -0.05) is 29.3 Å². The van der Waals surface area contributed by atoms with Crippen molar-refractivity contribution in [1.82, 2.24) is 4.57 Å². The Hall–Kier alpha value is -2.63. The largest absolute Gasteiger partial charge is 0.384 e. The summed E-state index contributed by atoms with van der Waals surface area (Å²) in [4.78, 5) is 25.0. The van der Waals surface area contributed by atoms with Gasteiger partial charge in [0.1, 0.15) is 11.6 Å². The standard InChI is InChI=1S/C18H11Cl2FN2O2/c19-13-2-1-3-14(20)16(13)23-15(24)9-8-12(18(23)22)17(25)10-4-6-11(21)7-5-10/h1-9H,22H2. The Kier molecular flexibility index (Phi) is 4.61. The van der Waals surface area contributed by atoms with Crippen molar-refractivity contribution in [3.63, 3.8) is 0 Å². The fourth-order valence-corrected chi connectivity index (χ4v) is 3.00. The SMILES string of the molecule is Nc1c(C(=O)c2ccc(F)cc2)ccc(=O)n1-c1c(Cl)cccc1Cl. The first-order chi connectivity index (χ1) is 11.9. The third kappa shape index (κ3) is 3.16. The van der Waals surface area contributed by atoms with E-state index >= 15 is 0 Å². The highest BCUT2D eigenvalue weighted by molar-refractivity contribution is 6.37.